The van der Waals surface area contributed by atoms with E-state index in [-0.39, 0.29) is 0 Å². The van der Waals surface area contributed by atoms with Gasteiger partial charge < -0.3 is 69.7 Å². The molecule has 2 rings (SSSR count). The van der Waals surface area contributed by atoms with Crippen LogP contribution in [0.3, 0.4) is 0 Å². The predicted octanol–water partition coefficient (Wildman–Crippen LogP) is -6.33. The summed E-state index contributed by atoms with van der Waals surface area (Å²) in [6, 6.07) is 0. The van der Waals surface area contributed by atoms with Crippen molar-refractivity contribution >= 4 is 7.82 Å². The van der Waals surface area contributed by atoms with Gasteiger partial charge in [0.25, 0.3) is 0 Å². The lowest BCUT2D eigenvalue weighted by molar-refractivity contribution is -0.355. The normalized spacial score (nSPS) is 44.5. The molecule has 0 amide bonds. The molecule has 2 heterocycles. The van der Waals surface area contributed by atoms with E-state index < -0.39 is 82.4 Å². The number of aliphatic hydroxyl groups excluding tert-OH is 8. The molecule has 168 valence electrons. The standard InChI is InChI=1S/C12H22O11.H3O4P/c13-1-3-5(15)6(16)9(19)12(22-3)23-10-4(2-14)21-11(20)8(18)7(10)17;1-5(2,3)4/h3-20H,1-2H2;(H3,1,2,3,4)/t3-,4-,5-,6+,7-,8-,9-,10-,11+,12-;/m1./s1. The van der Waals surface area contributed by atoms with Gasteiger partial charge in [0.05, 0.1) is 13.2 Å². The van der Waals surface area contributed by atoms with Crippen molar-refractivity contribution in [3.63, 3.8) is 0 Å². The Bertz CT molecular complexity index is 503. The second-order valence-electron chi connectivity index (χ2n) is 6.04. The third kappa shape index (κ3) is 6.88. The number of ether oxygens (including phenoxy) is 3. The molecule has 2 fully saturated rings. The highest BCUT2D eigenvalue weighted by Crippen LogP contribution is 2.28. The molecule has 0 spiro atoms. The maximum atomic E-state index is 9.94. The van der Waals surface area contributed by atoms with E-state index in [2.05, 4.69) is 0 Å². The van der Waals surface area contributed by atoms with Crippen molar-refractivity contribution < 1.29 is 74.3 Å². The van der Waals surface area contributed by atoms with Gasteiger partial charge in [-0.15, -0.1) is 0 Å². The van der Waals surface area contributed by atoms with Crippen molar-refractivity contribution in [2.24, 2.45) is 0 Å². The number of rotatable bonds is 4. The maximum Gasteiger partial charge on any atom is 0.466 e. The molecule has 2 aliphatic rings. The van der Waals surface area contributed by atoms with E-state index >= 15 is 0 Å². The highest BCUT2D eigenvalue weighted by molar-refractivity contribution is 7.45. The van der Waals surface area contributed by atoms with E-state index in [1.165, 1.54) is 0 Å². The summed E-state index contributed by atoms with van der Waals surface area (Å²) in [5.74, 6) is 0. The zero-order valence-corrected chi connectivity index (χ0v) is 15.1. The van der Waals surface area contributed by atoms with Crippen molar-refractivity contribution in [2.45, 2.75) is 61.4 Å². The summed E-state index contributed by atoms with van der Waals surface area (Å²) < 4.78 is 24.1. The molecule has 0 radical (unpaired) electrons. The molecule has 15 nitrogen and oxygen atoms in total. The third-order valence-corrected chi connectivity index (χ3v) is 3.98. The van der Waals surface area contributed by atoms with Crippen LogP contribution in [0.4, 0.5) is 0 Å². The monoisotopic (exact) mass is 440 g/mol. The van der Waals surface area contributed by atoms with Gasteiger partial charge in [-0.1, -0.05) is 0 Å². The summed E-state index contributed by atoms with van der Waals surface area (Å²) in [5.41, 5.74) is 0. The van der Waals surface area contributed by atoms with Crippen LogP contribution in [-0.4, -0.2) is 130 Å². The Hall–Kier alpha value is -0.330. The Morgan fingerprint density at radius 1 is 0.714 bits per heavy atom. The molecular formula is C12H25O15P. The fourth-order valence-electron chi connectivity index (χ4n) is 2.57. The average molecular weight is 440 g/mol. The first-order valence-electron chi connectivity index (χ1n) is 7.86. The molecule has 2 aliphatic heterocycles. The summed E-state index contributed by atoms with van der Waals surface area (Å²) in [6.07, 6.45) is -15.6. The zero-order valence-electron chi connectivity index (χ0n) is 14.2. The largest absolute Gasteiger partial charge is 0.466 e. The van der Waals surface area contributed by atoms with E-state index in [0.29, 0.717) is 0 Å². The molecule has 0 aromatic heterocycles. The van der Waals surface area contributed by atoms with Gasteiger partial charge in [0.15, 0.2) is 12.6 Å². The lowest BCUT2D eigenvalue weighted by Gasteiger charge is -2.45. The van der Waals surface area contributed by atoms with Crippen molar-refractivity contribution in [3.8, 4) is 0 Å². The first kappa shape index (κ1) is 25.7. The summed E-state index contributed by atoms with van der Waals surface area (Å²) in [6.45, 7) is -1.35. The van der Waals surface area contributed by atoms with Crippen molar-refractivity contribution in [3.05, 3.63) is 0 Å². The maximum absolute atomic E-state index is 9.94. The van der Waals surface area contributed by atoms with Crippen LogP contribution in [0.5, 0.6) is 0 Å². The summed E-state index contributed by atoms with van der Waals surface area (Å²) in [4.78, 5) is 21.6. The first-order chi connectivity index (χ1) is 12.8. The van der Waals surface area contributed by atoms with Crippen LogP contribution in [-0.2, 0) is 18.8 Å². The molecule has 0 aromatic carbocycles. The van der Waals surface area contributed by atoms with Gasteiger partial charge in [0, 0.05) is 0 Å². The quantitative estimate of drug-likeness (QED) is 0.181. The Morgan fingerprint density at radius 2 is 1.21 bits per heavy atom. The van der Waals surface area contributed by atoms with E-state index in [4.69, 9.17) is 38.6 Å². The fraction of sp³-hybridized carbons (Fsp3) is 1.00. The molecule has 0 aliphatic carbocycles. The fourth-order valence-corrected chi connectivity index (χ4v) is 2.57. The molecule has 11 N–H and O–H groups in total. The van der Waals surface area contributed by atoms with Gasteiger partial charge in [0.1, 0.15) is 48.8 Å². The topological polar surface area (TPSA) is 267 Å². The van der Waals surface area contributed by atoms with E-state index in [1.807, 2.05) is 0 Å². The molecule has 10 atom stereocenters. The van der Waals surface area contributed by atoms with Crippen LogP contribution in [0.1, 0.15) is 0 Å². The number of hydrogen-bond acceptors (Lipinski definition) is 12. The molecule has 0 unspecified atom stereocenters. The molecular weight excluding hydrogens is 415 g/mol. The van der Waals surface area contributed by atoms with Crippen LogP contribution in [0.15, 0.2) is 0 Å². The number of aliphatic hydroxyl groups is 8. The molecule has 0 saturated carbocycles. The van der Waals surface area contributed by atoms with Crippen LogP contribution in [0.25, 0.3) is 0 Å². The minimum atomic E-state index is -4.64. The van der Waals surface area contributed by atoms with Gasteiger partial charge in [-0.25, -0.2) is 4.57 Å². The van der Waals surface area contributed by atoms with Crippen LogP contribution >= 0.6 is 7.82 Å². The smallest absolute Gasteiger partial charge is 0.394 e. The number of hydrogen-bond donors (Lipinski definition) is 11. The SMILES string of the molecule is O=P(O)(O)O.OC[C@H]1O[C@H](O[C@H]2[C@H](O)[C@@H](O)[C@@H](O)O[C@@H]2CO)[C@H](O)[C@@H](O)[C@@H]1O. The summed E-state index contributed by atoms with van der Waals surface area (Å²) in [5, 5.41) is 76.5. The average Bonchev–Trinajstić information content (AvgIpc) is 2.60. The van der Waals surface area contributed by atoms with E-state index in [1.54, 1.807) is 0 Å². The highest BCUT2D eigenvalue weighted by atomic mass is 31.2. The van der Waals surface area contributed by atoms with Crippen LogP contribution in [0.2, 0.25) is 0 Å². The molecule has 28 heavy (non-hydrogen) atoms. The third-order valence-electron chi connectivity index (χ3n) is 3.98. The Kier molecular flexibility index (Phi) is 9.75. The Morgan fingerprint density at radius 3 is 1.68 bits per heavy atom. The van der Waals surface area contributed by atoms with Gasteiger partial charge in [-0.3, -0.25) is 0 Å². The Balaban J connectivity index is 0.000000696. The second-order valence-corrected chi connectivity index (χ2v) is 7.07. The Labute approximate surface area is 157 Å². The van der Waals surface area contributed by atoms with Gasteiger partial charge in [0.2, 0.25) is 0 Å². The van der Waals surface area contributed by atoms with Gasteiger partial charge in [-0.2, -0.15) is 0 Å². The summed E-state index contributed by atoms with van der Waals surface area (Å²) in [7, 11) is -4.64. The zero-order chi connectivity index (χ0) is 21.8. The van der Waals surface area contributed by atoms with Crippen LogP contribution < -0.4 is 0 Å². The molecule has 2 saturated heterocycles. The number of phosphoric acid groups is 1. The van der Waals surface area contributed by atoms with Crippen molar-refractivity contribution in [1.29, 1.82) is 0 Å². The summed E-state index contributed by atoms with van der Waals surface area (Å²) >= 11 is 0. The molecule has 0 aromatic rings. The van der Waals surface area contributed by atoms with E-state index in [9.17, 15) is 35.7 Å². The molecule has 0 bridgehead atoms. The van der Waals surface area contributed by atoms with Crippen molar-refractivity contribution in [1.82, 2.24) is 0 Å². The van der Waals surface area contributed by atoms with E-state index in [0.717, 1.165) is 0 Å². The predicted molar refractivity (Wildman–Crippen MR) is 82.9 cm³/mol. The van der Waals surface area contributed by atoms with Crippen molar-refractivity contribution in [2.75, 3.05) is 13.2 Å². The van der Waals surface area contributed by atoms with Gasteiger partial charge in [-0.05, 0) is 0 Å². The minimum absolute atomic E-state index is 0.667. The van der Waals surface area contributed by atoms with Crippen LogP contribution in [0, 0.1) is 0 Å². The lowest BCUT2D eigenvalue weighted by Crippen LogP contribution is -2.64. The molecule has 16 heteroatoms. The minimum Gasteiger partial charge on any atom is -0.394 e. The lowest BCUT2D eigenvalue weighted by atomic mass is 9.97. The second kappa shape index (κ2) is 10.6. The van der Waals surface area contributed by atoms with Gasteiger partial charge >= 0.3 is 7.82 Å². The highest BCUT2D eigenvalue weighted by Gasteiger charge is 2.50. The first-order valence-corrected chi connectivity index (χ1v) is 9.43.